The van der Waals surface area contributed by atoms with E-state index in [4.69, 9.17) is 4.99 Å². The van der Waals surface area contributed by atoms with Gasteiger partial charge in [-0.3, -0.25) is 10.1 Å². The third-order valence-corrected chi connectivity index (χ3v) is 6.90. The summed E-state index contributed by atoms with van der Waals surface area (Å²) < 4.78 is 0. The lowest BCUT2D eigenvalue weighted by Crippen LogP contribution is -2.63. The van der Waals surface area contributed by atoms with E-state index in [1.165, 1.54) is 70.6 Å². The number of urea groups is 1. The highest BCUT2D eigenvalue weighted by Crippen LogP contribution is 2.29. The Kier molecular flexibility index (Phi) is 10.9. The zero-order valence-electron chi connectivity index (χ0n) is 18.6. The van der Waals surface area contributed by atoms with Crippen LogP contribution in [0, 0.1) is 0 Å². The minimum absolute atomic E-state index is 0.207. The molecule has 2 rings (SSSR count). The predicted molar refractivity (Wildman–Crippen MR) is 122 cm³/mol. The minimum Gasteiger partial charge on any atom is -0.336 e. The molecule has 1 saturated heterocycles. The van der Waals surface area contributed by atoms with E-state index in [9.17, 15) is 9.59 Å². The van der Waals surface area contributed by atoms with Crippen molar-refractivity contribution >= 4 is 28.9 Å². The molecule has 0 aromatic carbocycles. The highest BCUT2D eigenvalue weighted by atomic mass is 32.2. The van der Waals surface area contributed by atoms with Gasteiger partial charge >= 0.3 is 6.03 Å². The molecule has 0 bridgehead atoms. The van der Waals surface area contributed by atoms with Gasteiger partial charge < -0.3 is 9.80 Å². The highest BCUT2D eigenvalue weighted by Gasteiger charge is 2.48. The summed E-state index contributed by atoms with van der Waals surface area (Å²) in [5, 5.41) is 3.43. The zero-order valence-corrected chi connectivity index (χ0v) is 19.4. The van der Waals surface area contributed by atoms with Crippen LogP contribution in [0.5, 0.6) is 0 Å². The first-order valence-electron chi connectivity index (χ1n) is 11.6. The van der Waals surface area contributed by atoms with Crippen LogP contribution in [0.4, 0.5) is 4.79 Å². The van der Waals surface area contributed by atoms with Crippen molar-refractivity contribution in [3.8, 4) is 0 Å². The number of fused-ring (bicyclic) bond motifs is 1. The van der Waals surface area contributed by atoms with Gasteiger partial charge in [-0.15, -0.1) is 0 Å². The molecule has 0 aromatic rings. The standard InChI is InChI=1S/C22H40N4O2S/c1-4-6-8-10-11-13-15-17-29-22-23-19-18(20(27)24-21(28)25(19)3)26(22)16-14-12-9-7-5-2/h18-19H,4-17H2,1-3H3,(H,24,27,28). The smallest absolute Gasteiger partial charge is 0.325 e. The number of unbranched alkanes of at least 4 members (excludes halogenated alkanes) is 10. The van der Waals surface area contributed by atoms with E-state index in [1.807, 2.05) is 0 Å². The van der Waals surface area contributed by atoms with Crippen LogP contribution >= 0.6 is 11.8 Å². The fourth-order valence-electron chi connectivity index (χ4n) is 3.96. The number of rotatable bonds is 14. The van der Waals surface area contributed by atoms with Gasteiger partial charge in [-0.25, -0.2) is 9.79 Å². The summed E-state index contributed by atoms with van der Waals surface area (Å²) in [5.41, 5.74) is 0. The number of nitrogens with zero attached hydrogens (tertiary/aromatic N) is 3. The molecule has 2 unspecified atom stereocenters. The van der Waals surface area contributed by atoms with E-state index < -0.39 is 0 Å². The number of hydrogen-bond acceptors (Lipinski definition) is 5. The van der Waals surface area contributed by atoms with Gasteiger partial charge in [0, 0.05) is 19.3 Å². The number of carbonyl (C=O) groups is 2. The van der Waals surface area contributed by atoms with Gasteiger partial charge in [-0.1, -0.05) is 89.8 Å². The van der Waals surface area contributed by atoms with Gasteiger partial charge in [-0.2, -0.15) is 0 Å². The highest BCUT2D eigenvalue weighted by molar-refractivity contribution is 8.13. The van der Waals surface area contributed by atoms with Crippen molar-refractivity contribution in [3.63, 3.8) is 0 Å². The van der Waals surface area contributed by atoms with E-state index in [-0.39, 0.29) is 24.1 Å². The maximum atomic E-state index is 12.5. The number of carbonyl (C=O) groups excluding carboxylic acids is 2. The molecule has 2 atom stereocenters. The average molecular weight is 425 g/mol. The lowest BCUT2D eigenvalue weighted by atomic mass is 10.1. The van der Waals surface area contributed by atoms with E-state index >= 15 is 0 Å². The van der Waals surface area contributed by atoms with Crippen molar-refractivity contribution in [1.29, 1.82) is 0 Å². The van der Waals surface area contributed by atoms with E-state index in [1.54, 1.807) is 23.7 Å². The Morgan fingerprint density at radius 3 is 2.14 bits per heavy atom. The first-order chi connectivity index (χ1) is 14.1. The number of nitrogens with one attached hydrogen (secondary N) is 1. The molecule has 1 fully saturated rings. The number of hydrogen-bond donors (Lipinski definition) is 1. The van der Waals surface area contributed by atoms with Crippen molar-refractivity contribution in [1.82, 2.24) is 15.1 Å². The number of amides is 3. The Bertz CT molecular complexity index is 555. The SMILES string of the molecule is CCCCCCCCCSC1=NC2C(C(=O)NC(=O)N2C)N1CCCCCCC. The lowest BCUT2D eigenvalue weighted by molar-refractivity contribution is -0.127. The fraction of sp³-hybridized carbons (Fsp3) is 0.864. The zero-order chi connectivity index (χ0) is 21.1. The van der Waals surface area contributed by atoms with Gasteiger partial charge in [0.25, 0.3) is 5.91 Å². The largest absolute Gasteiger partial charge is 0.336 e. The molecule has 6 nitrogen and oxygen atoms in total. The Balaban J connectivity index is 1.86. The molecule has 29 heavy (non-hydrogen) atoms. The molecule has 0 radical (unpaired) electrons. The average Bonchev–Trinajstić information content (AvgIpc) is 3.07. The van der Waals surface area contributed by atoms with Gasteiger partial charge in [0.05, 0.1) is 0 Å². The summed E-state index contributed by atoms with van der Waals surface area (Å²) in [7, 11) is 1.73. The second-order valence-corrected chi connectivity index (χ2v) is 9.31. The van der Waals surface area contributed by atoms with Crippen LogP contribution in [0.2, 0.25) is 0 Å². The second kappa shape index (κ2) is 13.1. The van der Waals surface area contributed by atoms with E-state index in [2.05, 4.69) is 24.1 Å². The fourth-order valence-corrected chi connectivity index (χ4v) is 5.05. The van der Waals surface area contributed by atoms with E-state index in [0.717, 1.165) is 23.9 Å². The summed E-state index contributed by atoms with van der Waals surface area (Å²) in [5.74, 6) is 0.819. The summed E-state index contributed by atoms with van der Waals surface area (Å²) in [6, 6.07) is -0.721. The van der Waals surface area contributed by atoms with Gasteiger partial charge in [-0.05, 0) is 12.8 Å². The van der Waals surface area contributed by atoms with Crippen LogP contribution in [0.1, 0.15) is 90.9 Å². The summed E-state index contributed by atoms with van der Waals surface area (Å²) in [6.45, 7) is 5.30. The molecule has 7 heteroatoms. The maximum Gasteiger partial charge on any atom is 0.325 e. The quantitative estimate of drug-likeness (QED) is 0.399. The second-order valence-electron chi connectivity index (χ2n) is 8.25. The van der Waals surface area contributed by atoms with Gasteiger partial charge in [0.15, 0.2) is 17.4 Å². The van der Waals surface area contributed by atoms with Crippen LogP contribution < -0.4 is 5.32 Å². The predicted octanol–water partition coefficient (Wildman–Crippen LogP) is 4.99. The molecule has 3 amide bonds. The van der Waals surface area contributed by atoms with Gasteiger partial charge in [0.1, 0.15) is 0 Å². The van der Waals surface area contributed by atoms with Crippen LogP contribution in [0.3, 0.4) is 0 Å². The number of aliphatic imine (C=N–C) groups is 1. The van der Waals surface area contributed by atoms with Crippen LogP contribution in [-0.4, -0.2) is 58.5 Å². The summed E-state index contributed by atoms with van der Waals surface area (Å²) >= 11 is 1.76. The van der Waals surface area contributed by atoms with E-state index in [0.29, 0.717) is 0 Å². The third kappa shape index (κ3) is 7.19. The normalized spacial score (nSPS) is 21.4. The molecule has 2 aliphatic heterocycles. The number of imide groups is 1. The summed E-state index contributed by atoms with van der Waals surface area (Å²) in [4.78, 5) is 33.1. The molecule has 0 spiro atoms. The Morgan fingerprint density at radius 2 is 1.48 bits per heavy atom. The Hall–Kier alpha value is -1.24. The lowest BCUT2D eigenvalue weighted by Gasteiger charge is -2.36. The van der Waals surface area contributed by atoms with Crippen molar-refractivity contribution in [2.24, 2.45) is 4.99 Å². The van der Waals surface area contributed by atoms with Crippen molar-refractivity contribution in [3.05, 3.63) is 0 Å². The molecule has 166 valence electrons. The molecule has 1 N–H and O–H groups in total. The Labute approximate surface area is 181 Å². The van der Waals surface area contributed by atoms with Crippen LogP contribution in [-0.2, 0) is 4.79 Å². The summed E-state index contributed by atoms with van der Waals surface area (Å²) in [6.07, 6.45) is 14.6. The van der Waals surface area contributed by atoms with Crippen molar-refractivity contribution in [2.45, 2.75) is 103 Å². The molecular formula is C22H40N4O2S. The monoisotopic (exact) mass is 424 g/mol. The maximum absolute atomic E-state index is 12.5. The molecule has 0 aliphatic carbocycles. The Morgan fingerprint density at radius 1 is 0.897 bits per heavy atom. The number of likely N-dealkylation sites (N-methyl/N-ethyl adjacent to an activating group) is 1. The van der Waals surface area contributed by atoms with Crippen LogP contribution in [0.15, 0.2) is 4.99 Å². The molecular weight excluding hydrogens is 384 g/mol. The van der Waals surface area contributed by atoms with Crippen molar-refractivity contribution < 1.29 is 9.59 Å². The third-order valence-electron chi connectivity index (χ3n) is 5.80. The topological polar surface area (TPSA) is 65.0 Å². The van der Waals surface area contributed by atoms with Gasteiger partial charge in [0.2, 0.25) is 0 Å². The minimum atomic E-state index is -0.386. The first-order valence-corrected chi connectivity index (χ1v) is 12.6. The molecule has 2 heterocycles. The number of amidine groups is 1. The molecule has 0 aromatic heterocycles. The molecule has 2 aliphatic rings. The van der Waals surface area contributed by atoms with Crippen molar-refractivity contribution in [2.75, 3.05) is 19.3 Å². The molecule has 0 saturated carbocycles. The van der Waals surface area contributed by atoms with Crippen LogP contribution in [0.25, 0.3) is 0 Å². The first kappa shape index (κ1) is 24.0. The number of thioether (sulfide) groups is 1.